The summed E-state index contributed by atoms with van der Waals surface area (Å²) in [7, 11) is 1.19. The molecule has 5 nitrogen and oxygen atoms in total. The molecule has 0 fully saturated rings. The fourth-order valence-electron chi connectivity index (χ4n) is 2.03. The van der Waals surface area contributed by atoms with Gasteiger partial charge in [0.05, 0.1) is 22.7 Å². The van der Waals surface area contributed by atoms with E-state index < -0.39 is 23.8 Å². The number of halogens is 3. The van der Waals surface area contributed by atoms with E-state index >= 15 is 0 Å². The Kier molecular flexibility index (Phi) is 5.32. The zero-order chi connectivity index (χ0) is 17.0. The largest absolute Gasteiger partial charge is 0.416 e. The van der Waals surface area contributed by atoms with E-state index in [-0.39, 0.29) is 12.1 Å². The Morgan fingerprint density at radius 1 is 1.39 bits per heavy atom. The van der Waals surface area contributed by atoms with E-state index in [4.69, 9.17) is 4.74 Å². The van der Waals surface area contributed by atoms with Gasteiger partial charge in [-0.3, -0.25) is 4.79 Å². The van der Waals surface area contributed by atoms with Gasteiger partial charge >= 0.3 is 6.18 Å². The summed E-state index contributed by atoms with van der Waals surface area (Å²) >= 11 is 1.12. The van der Waals surface area contributed by atoms with Crippen molar-refractivity contribution in [1.82, 2.24) is 14.9 Å². The Labute approximate surface area is 134 Å². The van der Waals surface area contributed by atoms with Gasteiger partial charge in [0.15, 0.2) is 6.10 Å². The second-order valence-corrected chi connectivity index (χ2v) is 5.54. The highest BCUT2D eigenvalue weighted by molar-refractivity contribution is 7.05. The Bertz CT molecular complexity index is 688. The van der Waals surface area contributed by atoms with E-state index in [1.165, 1.54) is 25.3 Å². The number of hydrogen-bond acceptors (Lipinski definition) is 5. The van der Waals surface area contributed by atoms with Crippen LogP contribution < -0.4 is 5.32 Å². The monoisotopic (exact) mass is 345 g/mol. The summed E-state index contributed by atoms with van der Waals surface area (Å²) in [6.07, 6.45) is -5.92. The third-order valence-corrected chi connectivity index (χ3v) is 4.01. The third kappa shape index (κ3) is 4.05. The second-order valence-electron chi connectivity index (χ2n) is 4.70. The van der Waals surface area contributed by atoms with Crippen LogP contribution in [0, 0.1) is 6.92 Å². The first-order valence-corrected chi connectivity index (χ1v) is 7.36. The fraction of sp³-hybridized carbons (Fsp3) is 0.357. The summed E-state index contributed by atoms with van der Waals surface area (Å²) in [5.74, 6) is -0.656. The number of benzene rings is 1. The summed E-state index contributed by atoms with van der Waals surface area (Å²) in [6.45, 7) is 1.87. The van der Waals surface area contributed by atoms with Crippen LogP contribution in [0.1, 0.15) is 27.8 Å². The van der Waals surface area contributed by atoms with Gasteiger partial charge in [-0.15, -0.1) is 5.10 Å². The molecule has 23 heavy (non-hydrogen) atoms. The van der Waals surface area contributed by atoms with Crippen LogP contribution in [-0.4, -0.2) is 22.6 Å². The predicted molar refractivity (Wildman–Crippen MR) is 77.7 cm³/mol. The second kappa shape index (κ2) is 7.05. The van der Waals surface area contributed by atoms with Crippen molar-refractivity contribution >= 4 is 17.4 Å². The molecule has 1 heterocycles. The number of carbonyl (C=O) groups excluding carboxylic acids is 1. The number of hydrogen-bond donors (Lipinski definition) is 1. The lowest BCUT2D eigenvalue weighted by molar-refractivity contribution is -0.141. The van der Waals surface area contributed by atoms with Crippen molar-refractivity contribution in [3.8, 4) is 0 Å². The van der Waals surface area contributed by atoms with Gasteiger partial charge in [0.1, 0.15) is 0 Å². The molecular weight excluding hydrogens is 331 g/mol. The van der Waals surface area contributed by atoms with Crippen LogP contribution in [0.4, 0.5) is 13.2 Å². The smallest absolute Gasteiger partial charge is 0.367 e. The number of nitrogens with one attached hydrogen (secondary N) is 1. The number of ether oxygens (including phenoxy) is 1. The van der Waals surface area contributed by atoms with Crippen molar-refractivity contribution in [1.29, 1.82) is 0 Å². The Morgan fingerprint density at radius 2 is 2.09 bits per heavy atom. The van der Waals surface area contributed by atoms with Gasteiger partial charge in [0.2, 0.25) is 0 Å². The number of aryl methyl sites for hydroxylation is 1. The highest BCUT2D eigenvalue weighted by atomic mass is 32.1. The third-order valence-electron chi connectivity index (χ3n) is 3.19. The molecule has 0 aliphatic rings. The lowest BCUT2D eigenvalue weighted by Gasteiger charge is -2.20. The van der Waals surface area contributed by atoms with Crippen LogP contribution in [-0.2, 0) is 22.3 Å². The first-order chi connectivity index (χ1) is 10.8. The minimum absolute atomic E-state index is 0.135. The highest BCUT2D eigenvalue weighted by Gasteiger charge is 2.36. The Morgan fingerprint density at radius 3 is 2.65 bits per heavy atom. The molecule has 124 valence electrons. The SMILES string of the molecule is COC(C(=O)NCc1snnc1C)c1ccccc1C(F)(F)F. The van der Waals surface area contributed by atoms with Gasteiger partial charge in [-0.05, 0) is 24.5 Å². The summed E-state index contributed by atoms with van der Waals surface area (Å²) in [6, 6.07) is 4.85. The van der Waals surface area contributed by atoms with Gasteiger partial charge in [0, 0.05) is 12.7 Å². The summed E-state index contributed by atoms with van der Waals surface area (Å²) in [5.41, 5.74) is -0.447. The van der Waals surface area contributed by atoms with Gasteiger partial charge < -0.3 is 10.1 Å². The first-order valence-electron chi connectivity index (χ1n) is 6.59. The fourth-order valence-corrected chi connectivity index (χ4v) is 2.60. The van der Waals surface area contributed by atoms with Gasteiger partial charge in [-0.25, -0.2) is 0 Å². The number of methoxy groups -OCH3 is 1. The maximum Gasteiger partial charge on any atom is 0.416 e. The van der Waals surface area contributed by atoms with Crippen molar-refractivity contribution in [3.05, 3.63) is 46.0 Å². The topological polar surface area (TPSA) is 64.1 Å². The summed E-state index contributed by atoms with van der Waals surface area (Å²) < 4.78 is 47.9. The number of alkyl halides is 3. The normalized spacial score (nSPS) is 12.9. The first kappa shape index (κ1) is 17.4. The van der Waals surface area contributed by atoms with Crippen molar-refractivity contribution < 1.29 is 22.7 Å². The number of carbonyl (C=O) groups is 1. The molecule has 1 N–H and O–H groups in total. The van der Waals surface area contributed by atoms with Crippen LogP contribution in [0.3, 0.4) is 0 Å². The van der Waals surface area contributed by atoms with Crippen LogP contribution in [0.25, 0.3) is 0 Å². The highest BCUT2D eigenvalue weighted by Crippen LogP contribution is 2.35. The van der Waals surface area contributed by atoms with Crippen molar-refractivity contribution in [2.24, 2.45) is 0 Å². The van der Waals surface area contributed by atoms with Crippen LogP contribution in [0.15, 0.2) is 24.3 Å². The van der Waals surface area contributed by atoms with E-state index in [0.717, 1.165) is 22.5 Å². The maximum absolute atomic E-state index is 13.1. The molecule has 1 unspecified atom stereocenters. The summed E-state index contributed by atoms with van der Waals surface area (Å²) in [5, 5.41) is 6.35. The molecule has 0 spiro atoms. The average molecular weight is 345 g/mol. The van der Waals surface area contributed by atoms with E-state index in [2.05, 4.69) is 14.9 Å². The van der Waals surface area contributed by atoms with E-state index in [1.54, 1.807) is 6.92 Å². The zero-order valence-corrected chi connectivity index (χ0v) is 13.2. The molecule has 1 aromatic carbocycles. The Balaban J connectivity index is 2.19. The van der Waals surface area contributed by atoms with Gasteiger partial charge in [0.25, 0.3) is 5.91 Å². The molecule has 2 aromatic rings. The van der Waals surface area contributed by atoms with Gasteiger partial charge in [-0.2, -0.15) is 13.2 Å². The average Bonchev–Trinajstić information content (AvgIpc) is 2.91. The quantitative estimate of drug-likeness (QED) is 0.905. The molecule has 1 aromatic heterocycles. The number of nitrogens with zero attached hydrogens (tertiary/aromatic N) is 2. The van der Waals surface area contributed by atoms with Crippen molar-refractivity contribution in [2.75, 3.05) is 7.11 Å². The van der Waals surface area contributed by atoms with Gasteiger partial charge in [-0.1, -0.05) is 22.7 Å². The molecule has 0 saturated heterocycles. The number of amides is 1. The van der Waals surface area contributed by atoms with E-state index in [1.807, 2.05) is 0 Å². The Hall–Kier alpha value is -2.00. The molecular formula is C14H14F3N3O2S. The van der Waals surface area contributed by atoms with E-state index in [9.17, 15) is 18.0 Å². The molecule has 0 aliphatic heterocycles. The van der Waals surface area contributed by atoms with Crippen LogP contribution in [0.5, 0.6) is 0 Å². The summed E-state index contributed by atoms with van der Waals surface area (Å²) in [4.78, 5) is 13.0. The molecule has 0 radical (unpaired) electrons. The number of rotatable bonds is 5. The van der Waals surface area contributed by atoms with Crippen LogP contribution in [0.2, 0.25) is 0 Å². The molecule has 0 aliphatic carbocycles. The van der Waals surface area contributed by atoms with Crippen molar-refractivity contribution in [3.63, 3.8) is 0 Å². The predicted octanol–water partition coefficient (Wildman–Crippen LogP) is 2.87. The molecule has 0 saturated carbocycles. The molecule has 2 rings (SSSR count). The van der Waals surface area contributed by atoms with Crippen LogP contribution >= 0.6 is 11.5 Å². The molecule has 1 atom stereocenters. The van der Waals surface area contributed by atoms with Crippen molar-refractivity contribution in [2.45, 2.75) is 25.7 Å². The molecule has 0 bridgehead atoms. The maximum atomic E-state index is 13.1. The lowest BCUT2D eigenvalue weighted by atomic mass is 10.0. The minimum atomic E-state index is -4.56. The zero-order valence-electron chi connectivity index (χ0n) is 12.3. The van der Waals surface area contributed by atoms with E-state index in [0.29, 0.717) is 5.69 Å². The number of aromatic nitrogens is 2. The molecule has 9 heteroatoms. The minimum Gasteiger partial charge on any atom is -0.367 e. The molecule has 1 amide bonds. The lowest BCUT2D eigenvalue weighted by Crippen LogP contribution is -2.31. The standard InChI is InChI=1S/C14H14F3N3O2S/c1-8-11(23-20-19-8)7-18-13(21)12(22-2)9-5-3-4-6-10(9)14(15,16)17/h3-6,12H,7H2,1-2H3,(H,18,21).